The zero-order valence-electron chi connectivity index (χ0n) is 13.1. The van der Waals surface area contributed by atoms with Crippen LogP contribution in [-0.4, -0.2) is 0 Å². The van der Waals surface area contributed by atoms with E-state index in [2.05, 4.69) is 88.6 Å². The van der Waals surface area contributed by atoms with Crippen LogP contribution in [0.4, 0.5) is 0 Å². The molecule has 5 heteroatoms. The zero-order valence-corrected chi connectivity index (χ0v) is 17.7. The van der Waals surface area contributed by atoms with Gasteiger partial charge in [-0.15, -0.1) is 24.3 Å². The summed E-state index contributed by atoms with van der Waals surface area (Å²) in [4.78, 5) is 0. The van der Waals surface area contributed by atoms with E-state index in [0.717, 1.165) is 33.1 Å². The van der Waals surface area contributed by atoms with Crippen LogP contribution >= 0.6 is 50.5 Å². The smallest absolute Gasteiger partial charge is 0.206 e. The predicted molar refractivity (Wildman–Crippen MR) is 112 cm³/mol. The molecule has 0 heterocycles. The molecular formula is C18H22NiS4. The van der Waals surface area contributed by atoms with Crippen LogP contribution < -0.4 is 0 Å². The molecule has 0 aliphatic heterocycles. The van der Waals surface area contributed by atoms with Crippen LogP contribution in [0.3, 0.4) is 0 Å². The van der Waals surface area contributed by atoms with Gasteiger partial charge in [-0.1, -0.05) is 34.1 Å². The van der Waals surface area contributed by atoms with Gasteiger partial charge >= 0.3 is 16.5 Å². The summed E-state index contributed by atoms with van der Waals surface area (Å²) in [6, 6.07) is 16.5. The molecule has 0 atom stereocenters. The maximum Gasteiger partial charge on any atom is 2.00 e. The van der Waals surface area contributed by atoms with Gasteiger partial charge in [0.2, 0.25) is 0 Å². The molecule has 0 aliphatic carbocycles. The quantitative estimate of drug-likeness (QED) is 0.262. The summed E-state index contributed by atoms with van der Waals surface area (Å²) in [5.41, 5.74) is 4.84. The summed E-state index contributed by atoms with van der Waals surface area (Å²) >= 11 is 16.5. The number of hydrogen-bond acceptors (Lipinski definition) is 4. The second kappa shape index (κ2) is 12.4. The SMILES string of the molecule is CCc1ccc([C-](S)S)cc1.CCc1ccc([C-](S)S)cc1.[Ni+2]. The molecule has 0 fully saturated rings. The molecule has 0 radical (unpaired) electrons. The van der Waals surface area contributed by atoms with Gasteiger partial charge in [0, 0.05) is 0 Å². The third-order valence-electron chi connectivity index (χ3n) is 3.24. The largest absolute Gasteiger partial charge is 2.00 e. The number of benzene rings is 2. The molecule has 0 bridgehead atoms. The summed E-state index contributed by atoms with van der Waals surface area (Å²) in [6.45, 7) is 4.28. The summed E-state index contributed by atoms with van der Waals surface area (Å²) < 4.78 is 1.54. The molecule has 2 rings (SSSR count). The van der Waals surface area contributed by atoms with E-state index in [1.807, 2.05) is 24.3 Å². The van der Waals surface area contributed by atoms with Crippen molar-refractivity contribution in [1.82, 2.24) is 0 Å². The molecule has 23 heavy (non-hydrogen) atoms. The van der Waals surface area contributed by atoms with Crippen molar-refractivity contribution in [2.24, 2.45) is 0 Å². The topological polar surface area (TPSA) is 0 Å². The number of thiol groups is 4. The van der Waals surface area contributed by atoms with Crippen molar-refractivity contribution in [2.75, 3.05) is 0 Å². The first-order valence-corrected chi connectivity index (χ1v) is 8.95. The van der Waals surface area contributed by atoms with Crippen LogP contribution in [0.25, 0.3) is 0 Å². The van der Waals surface area contributed by atoms with E-state index >= 15 is 0 Å². The van der Waals surface area contributed by atoms with Crippen LogP contribution in [0.1, 0.15) is 36.1 Å². The van der Waals surface area contributed by atoms with E-state index in [1.54, 1.807) is 0 Å². The van der Waals surface area contributed by atoms with Crippen LogP contribution in [-0.2, 0) is 29.3 Å². The molecule has 0 N–H and O–H groups in total. The maximum absolute atomic E-state index is 4.13. The average molecular weight is 425 g/mol. The van der Waals surface area contributed by atoms with Crippen molar-refractivity contribution in [3.63, 3.8) is 0 Å². The second-order valence-electron chi connectivity index (χ2n) is 4.75. The van der Waals surface area contributed by atoms with Gasteiger partial charge in [0.25, 0.3) is 0 Å². The van der Waals surface area contributed by atoms with Crippen molar-refractivity contribution in [3.8, 4) is 0 Å². The first kappa shape index (κ1) is 23.1. The van der Waals surface area contributed by atoms with Gasteiger partial charge in [-0.05, 0) is 12.8 Å². The number of aryl methyl sites for hydroxylation is 2. The molecule has 2 aromatic rings. The summed E-state index contributed by atoms with van der Waals surface area (Å²) in [7, 11) is 0. The van der Waals surface area contributed by atoms with E-state index < -0.39 is 0 Å². The summed E-state index contributed by atoms with van der Waals surface area (Å²) in [5.74, 6) is 0. The Morgan fingerprint density at radius 2 is 0.870 bits per heavy atom. The Kier molecular flexibility index (Phi) is 12.5. The Balaban J connectivity index is 0.000000403. The third-order valence-corrected chi connectivity index (χ3v) is 4.27. The van der Waals surface area contributed by atoms with Gasteiger partial charge < -0.3 is 0 Å². The average Bonchev–Trinajstić information content (AvgIpc) is 2.55. The van der Waals surface area contributed by atoms with Gasteiger partial charge in [-0.3, -0.25) is 0 Å². The van der Waals surface area contributed by atoms with E-state index in [9.17, 15) is 0 Å². The van der Waals surface area contributed by atoms with E-state index in [0.29, 0.717) is 0 Å². The minimum atomic E-state index is 0. The van der Waals surface area contributed by atoms with Crippen LogP contribution in [0.5, 0.6) is 0 Å². The molecule has 2 aromatic carbocycles. The fraction of sp³-hybridized carbons (Fsp3) is 0.222. The van der Waals surface area contributed by atoms with E-state index in [4.69, 9.17) is 0 Å². The van der Waals surface area contributed by atoms with Crippen molar-refractivity contribution in [1.29, 1.82) is 0 Å². The standard InChI is InChI=1S/2C9H11S2.Ni/c2*1-2-7-3-5-8(6-4-7)9(10)11;/h2*3-6,10-11H,2H2,1H3;/q2*-1;+2. The fourth-order valence-corrected chi connectivity index (χ4v) is 2.38. The number of hydrogen-bond donors (Lipinski definition) is 4. The minimum absolute atomic E-state index is 0. The normalized spacial score (nSPS) is 9.30. The molecule has 0 saturated heterocycles. The summed E-state index contributed by atoms with van der Waals surface area (Å²) in [5, 5.41) is 0. The van der Waals surface area contributed by atoms with E-state index in [-0.39, 0.29) is 16.5 Å². The first-order valence-electron chi connectivity index (χ1n) is 7.16. The Morgan fingerprint density at radius 1 is 0.609 bits per heavy atom. The van der Waals surface area contributed by atoms with Crippen molar-refractivity contribution in [2.45, 2.75) is 26.7 Å². The van der Waals surface area contributed by atoms with Crippen molar-refractivity contribution in [3.05, 3.63) is 79.9 Å². The third kappa shape index (κ3) is 8.65. The van der Waals surface area contributed by atoms with Crippen LogP contribution in [0, 0.1) is 9.16 Å². The molecule has 0 spiro atoms. The van der Waals surface area contributed by atoms with Crippen LogP contribution in [0.15, 0.2) is 48.5 Å². The molecular weight excluding hydrogens is 403 g/mol. The minimum Gasteiger partial charge on any atom is -0.206 e. The van der Waals surface area contributed by atoms with Crippen LogP contribution in [0.2, 0.25) is 0 Å². The maximum atomic E-state index is 4.13. The molecule has 0 saturated carbocycles. The Morgan fingerprint density at radius 3 is 1.04 bits per heavy atom. The van der Waals surface area contributed by atoms with Crippen molar-refractivity contribution < 1.29 is 16.5 Å². The monoisotopic (exact) mass is 424 g/mol. The molecule has 0 unspecified atom stereocenters. The molecule has 0 amide bonds. The van der Waals surface area contributed by atoms with Crippen molar-refractivity contribution >= 4 is 50.5 Å². The molecule has 0 aromatic heterocycles. The van der Waals surface area contributed by atoms with Gasteiger partial charge in [-0.25, -0.2) is 50.5 Å². The fourth-order valence-electron chi connectivity index (χ4n) is 1.78. The summed E-state index contributed by atoms with van der Waals surface area (Å²) in [6.07, 6.45) is 2.16. The zero-order chi connectivity index (χ0) is 16.5. The van der Waals surface area contributed by atoms with E-state index in [1.165, 1.54) is 11.1 Å². The second-order valence-corrected chi connectivity index (χ2v) is 7.24. The molecule has 0 nitrogen and oxygen atoms in total. The van der Waals surface area contributed by atoms with Gasteiger partial charge in [0.1, 0.15) is 0 Å². The Bertz CT molecular complexity index is 484. The van der Waals surface area contributed by atoms with Gasteiger partial charge in [-0.2, -0.15) is 35.4 Å². The first-order chi connectivity index (χ1) is 10.5. The van der Waals surface area contributed by atoms with Gasteiger partial charge in [0.05, 0.1) is 0 Å². The molecule has 128 valence electrons. The Labute approximate surface area is 172 Å². The Hall–Kier alpha value is 0.0735. The predicted octanol–water partition coefficient (Wildman–Crippen LogP) is 5.89. The molecule has 0 aliphatic rings. The number of rotatable bonds is 4. The van der Waals surface area contributed by atoms with Gasteiger partial charge in [0.15, 0.2) is 0 Å².